The fourth-order valence-corrected chi connectivity index (χ4v) is 2.13. The van der Waals surface area contributed by atoms with E-state index < -0.39 is 11.7 Å². The minimum Gasteiger partial charge on any atom is -0.493 e. The van der Waals surface area contributed by atoms with Crippen LogP contribution >= 0.6 is 0 Å². The van der Waals surface area contributed by atoms with Crippen LogP contribution in [0.25, 0.3) is 0 Å². The molecule has 0 fully saturated rings. The smallest absolute Gasteiger partial charge is 0.255 e. The molecule has 0 aliphatic rings. The summed E-state index contributed by atoms with van der Waals surface area (Å²) < 4.78 is 24.2. The predicted octanol–water partition coefficient (Wildman–Crippen LogP) is 3.44. The summed E-state index contributed by atoms with van der Waals surface area (Å²) in [6.45, 7) is 1.73. The van der Waals surface area contributed by atoms with Gasteiger partial charge in [-0.1, -0.05) is 13.0 Å². The number of benzene rings is 2. The number of anilines is 2. The summed E-state index contributed by atoms with van der Waals surface area (Å²) in [6.07, 6.45) is 0.327. The topological polar surface area (TPSA) is 76.7 Å². The van der Waals surface area contributed by atoms with Gasteiger partial charge in [0.1, 0.15) is 0 Å². The Morgan fingerprint density at radius 2 is 1.72 bits per heavy atom. The SMILES string of the molecule is CCC(=O)Nc1cccc(C(=O)Nc2cc(OC)c(OC)cc2F)c1. The van der Waals surface area contributed by atoms with Crippen molar-refractivity contribution in [1.82, 2.24) is 0 Å². The molecule has 0 atom stereocenters. The first-order valence-corrected chi connectivity index (χ1v) is 7.61. The Balaban J connectivity index is 2.22. The van der Waals surface area contributed by atoms with Crippen LogP contribution in [0.1, 0.15) is 23.7 Å². The molecule has 132 valence electrons. The van der Waals surface area contributed by atoms with Gasteiger partial charge in [-0.05, 0) is 18.2 Å². The van der Waals surface area contributed by atoms with Gasteiger partial charge >= 0.3 is 0 Å². The van der Waals surface area contributed by atoms with Crippen molar-refractivity contribution in [3.63, 3.8) is 0 Å². The molecular weight excluding hydrogens is 327 g/mol. The maximum absolute atomic E-state index is 14.1. The Kier molecular flexibility index (Phi) is 5.94. The monoisotopic (exact) mass is 346 g/mol. The van der Waals surface area contributed by atoms with E-state index in [4.69, 9.17) is 9.47 Å². The first-order valence-electron chi connectivity index (χ1n) is 7.61. The highest BCUT2D eigenvalue weighted by Crippen LogP contribution is 2.32. The Morgan fingerprint density at radius 1 is 1.04 bits per heavy atom. The van der Waals surface area contributed by atoms with E-state index in [-0.39, 0.29) is 22.9 Å². The summed E-state index contributed by atoms with van der Waals surface area (Å²) in [5, 5.41) is 5.15. The van der Waals surface area contributed by atoms with Gasteiger partial charge in [0.2, 0.25) is 5.91 Å². The summed E-state index contributed by atoms with van der Waals surface area (Å²) in [6, 6.07) is 8.85. The number of nitrogens with one attached hydrogen (secondary N) is 2. The molecule has 2 aromatic rings. The summed E-state index contributed by atoms with van der Waals surface area (Å²) >= 11 is 0. The van der Waals surface area contributed by atoms with Gasteiger partial charge in [-0.3, -0.25) is 9.59 Å². The van der Waals surface area contributed by atoms with E-state index in [0.717, 1.165) is 6.07 Å². The molecule has 0 aliphatic heterocycles. The second-order valence-electron chi connectivity index (χ2n) is 5.12. The van der Waals surface area contributed by atoms with Gasteiger partial charge in [-0.2, -0.15) is 0 Å². The molecule has 2 N–H and O–H groups in total. The lowest BCUT2D eigenvalue weighted by atomic mass is 10.1. The van der Waals surface area contributed by atoms with Crippen molar-refractivity contribution >= 4 is 23.2 Å². The number of carbonyl (C=O) groups is 2. The number of halogens is 1. The Labute approximate surface area is 144 Å². The summed E-state index contributed by atoms with van der Waals surface area (Å²) in [7, 11) is 2.81. The molecule has 6 nitrogen and oxygen atoms in total. The van der Waals surface area contributed by atoms with Gasteiger partial charge in [-0.25, -0.2) is 4.39 Å². The number of methoxy groups -OCH3 is 2. The van der Waals surface area contributed by atoms with Crippen LogP contribution in [0.15, 0.2) is 36.4 Å². The molecule has 0 bridgehead atoms. The van der Waals surface area contributed by atoms with E-state index >= 15 is 0 Å². The van der Waals surface area contributed by atoms with Crippen LogP contribution in [0.2, 0.25) is 0 Å². The molecule has 0 saturated carbocycles. The van der Waals surface area contributed by atoms with Gasteiger partial charge in [0.05, 0.1) is 19.9 Å². The van der Waals surface area contributed by atoms with Crippen LogP contribution in [0.5, 0.6) is 11.5 Å². The molecule has 25 heavy (non-hydrogen) atoms. The van der Waals surface area contributed by atoms with Crippen LogP contribution in [0, 0.1) is 5.82 Å². The zero-order chi connectivity index (χ0) is 18.4. The zero-order valence-corrected chi connectivity index (χ0v) is 14.2. The average Bonchev–Trinajstić information content (AvgIpc) is 2.62. The summed E-state index contributed by atoms with van der Waals surface area (Å²) in [5.41, 5.74) is 0.737. The molecule has 7 heteroatoms. The summed E-state index contributed by atoms with van der Waals surface area (Å²) in [4.78, 5) is 23.8. The molecule has 2 rings (SSSR count). The van der Waals surface area contributed by atoms with Crippen molar-refractivity contribution < 1.29 is 23.5 Å². The van der Waals surface area contributed by atoms with Gasteiger partial charge in [0.15, 0.2) is 17.3 Å². The quantitative estimate of drug-likeness (QED) is 0.840. The Morgan fingerprint density at radius 3 is 2.36 bits per heavy atom. The fourth-order valence-electron chi connectivity index (χ4n) is 2.13. The Bertz CT molecular complexity index is 793. The van der Waals surface area contributed by atoms with Crippen molar-refractivity contribution in [1.29, 1.82) is 0 Å². The lowest BCUT2D eigenvalue weighted by Gasteiger charge is -2.12. The molecule has 2 aromatic carbocycles. The average molecular weight is 346 g/mol. The number of carbonyl (C=O) groups excluding carboxylic acids is 2. The third-order valence-corrected chi connectivity index (χ3v) is 3.45. The lowest BCUT2D eigenvalue weighted by molar-refractivity contribution is -0.115. The van der Waals surface area contributed by atoms with Crippen LogP contribution < -0.4 is 20.1 Å². The Hall–Kier alpha value is -3.09. The van der Waals surface area contributed by atoms with Gasteiger partial charge in [0.25, 0.3) is 5.91 Å². The highest BCUT2D eigenvalue weighted by atomic mass is 19.1. The summed E-state index contributed by atoms with van der Waals surface area (Å²) in [5.74, 6) is -0.811. The molecule has 0 spiro atoms. The number of hydrogen-bond acceptors (Lipinski definition) is 4. The molecular formula is C18H19FN2O4. The minimum atomic E-state index is -0.651. The number of rotatable bonds is 6. The lowest BCUT2D eigenvalue weighted by Crippen LogP contribution is -2.14. The highest BCUT2D eigenvalue weighted by molar-refractivity contribution is 6.05. The first kappa shape index (κ1) is 18.3. The molecule has 0 unspecified atom stereocenters. The number of ether oxygens (including phenoxy) is 2. The molecule has 0 aromatic heterocycles. The van der Waals surface area contributed by atoms with E-state index in [1.165, 1.54) is 26.4 Å². The van der Waals surface area contributed by atoms with Crippen LogP contribution in [0.3, 0.4) is 0 Å². The second-order valence-corrected chi connectivity index (χ2v) is 5.12. The van der Waals surface area contributed by atoms with Crippen molar-refractivity contribution in [2.24, 2.45) is 0 Å². The van der Waals surface area contributed by atoms with Crippen molar-refractivity contribution in [3.05, 3.63) is 47.8 Å². The maximum Gasteiger partial charge on any atom is 0.255 e. The van der Waals surface area contributed by atoms with Gasteiger partial charge in [0, 0.05) is 29.8 Å². The van der Waals surface area contributed by atoms with E-state index in [9.17, 15) is 14.0 Å². The second kappa shape index (κ2) is 8.14. The van der Waals surface area contributed by atoms with Crippen LogP contribution in [-0.4, -0.2) is 26.0 Å². The largest absolute Gasteiger partial charge is 0.493 e. The fraction of sp³-hybridized carbons (Fsp3) is 0.222. The predicted molar refractivity (Wildman–Crippen MR) is 92.8 cm³/mol. The van der Waals surface area contributed by atoms with E-state index in [1.807, 2.05) is 0 Å². The normalized spacial score (nSPS) is 10.1. The molecule has 0 saturated heterocycles. The highest BCUT2D eigenvalue weighted by Gasteiger charge is 2.15. The third kappa shape index (κ3) is 4.47. The van der Waals surface area contributed by atoms with Crippen LogP contribution in [0.4, 0.5) is 15.8 Å². The van der Waals surface area contributed by atoms with E-state index in [0.29, 0.717) is 17.9 Å². The molecule has 0 aliphatic carbocycles. The number of hydrogen-bond donors (Lipinski definition) is 2. The van der Waals surface area contributed by atoms with E-state index in [1.54, 1.807) is 25.1 Å². The van der Waals surface area contributed by atoms with Crippen molar-refractivity contribution in [2.75, 3.05) is 24.9 Å². The zero-order valence-electron chi connectivity index (χ0n) is 14.2. The van der Waals surface area contributed by atoms with Crippen molar-refractivity contribution in [3.8, 4) is 11.5 Å². The molecule has 0 radical (unpaired) electrons. The minimum absolute atomic E-state index is 0.0364. The maximum atomic E-state index is 14.1. The van der Waals surface area contributed by atoms with Crippen molar-refractivity contribution in [2.45, 2.75) is 13.3 Å². The van der Waals surface area contributed by atoms with E-state index in [2.05, 4.69) is 10.6 Å². The number of amides is 2. The van der Waals surface area contributed by atoms with Gasteiger partial charge < -0.3 is 20.1 Å². The first-order chi connectivity index (χ1) is 12.0. The molecule has 0 heterocycles. The van der Waals surface area contributed by atoms with Gasteiger partial charge in [-0.15, -0.1) is 0 Å². The molecule has 2 amide bonds. The standard InChI is InChI=1S/C18H19FN2O4/c1-4-17(22)20-12-7-5-6-11(8-12)18(23)21-14-10-16(25-3)15(24-2)9-13(14)19/h5-10H,4H2,1-3H3,(H,20,22)(H,21,23). The van der Waals surface area contributed by atoms with Crippen LogP contribution in [-0.2, 0) is 4.79 Å². The third-order valence-electron chi connectivity index (χ3n) is 3.45.